The van der Waals surface area contributed by atoms with Gasteiger partial charge in [-0.25, -0.2) is 19.2 Å². The maximum absolute atomic E-state index is 13.8. The minimum atomic E-state index is -1.39. The van der Waals surface area contributed by atoms with Crippen LogP contribution in [0.15, 0.2) is 97.1 Å². The van der Waals surface area contributed by atoms with Crippen molar-refractivity contribution in [2.45, 2.75) is 43.3 Å². The van der Waals surface area contributed by atoms with Crippen molar-refractivity contribution in [3.8, 4) is 11.1 Å². The maximum Gasteiger partial charge on any atom is 0.407 e. The monoisotopic (exact) mass is 747 g/mol. The topological polar surface area (TPSA) is 247 Å². The summed E-state index contributed by atoms with van der Waals surface area (Å²) in [5.41, 5.74) is 11.0. The fourth-order valence-electron chi connectivity index (χ4n) is 6.52. The first kappa shape index (κ1) is 37.5. The molecule has 4 aromatic carbocycles. The normalized spacial score (nSPS) is 15.5. The molecule has 1 saturated heterocycles. The Bertz CT molecular complexity index is 2080. The predicted molar refractivity (Wildman–Crippen MR) is 199 cm³/mol. The molecule has 0 saturated carbocycles. The molecule has 1 aliphatic carbocycles. The minimum absolute atomic E-state index is 0.0238. The van der Waals surface area contributed by atoms with E-state index in [4.69, 9.17) is 10.5 Å². The van der Waals surface area contributed by atoms with E-state index in [1.54, 1.807) is 24.3 Å². The molecule has 1 heterocycles. The van der Waals surface area contributed by atoms with Gasteiger partial charge in [0.1, 0.15) is 24.7 Å². The summed E-state index contributed by atoms with van der Waals surface area (Å²) >= 11 is 0. The molecule has 8 amide bonds. The zero-order valence-electron chi connectivity index (χ0n) is 29.2. The van der Waals surface area contributed by atoms with E-state index in [0.717, 1.165) is 22.3 Å². The fourth-order valence-corrected chi connectivity index (χ4v) is 6.52. The smallest absolute Gasteiger partial charge is 0.407 e. The molecule has 0 spiro atoms. The summed E-state index contributed by atoms with van der Waals surface area (Å²) in [4.78, 5) is 86.6. The number of carbonyl (C=O) groups is 7. The molecule has 16 heteroatoms. The highest BCUT2D eigenvalue weighted by atomic mass is 16.5. The van der Waals surface area contributed by atoms with Crippen LogP contribution < -0.4 is 37.6 Å². The van der Waals surface area contributed by atoms with Gasteiger partial charge in [0, 0.05) is 30.1 Å². The molecule has 3 atom stereocenters. The second-order valence-electron chi connectivity index (χ2n) is 13.0. The van der Waals surface area contributed by atoms with Gasteiger partial charge in [-0.05, 0) is 57.6 Å². The summed E-state index contributed by atoms with van der Waals surface area (Å²) in [5.74, 6) is -3.56. The number of nitrogens with two attached hydrogens (primary N) is 1. The number of carbonyl (C=O) groups excluding carboxylic acids is 6. The minimum Gasteiger partial charge on any atom is -0.480 e. The molecule has 0 radical (unpaired) electrons. The molecule has 282 valence electrons. The van der Waals surface area contributed by atoms with Gasteiger partial charge in [-0.2, -0.15) is 0 Å². The van der Waals surface area contributed by atoms with Crippen LogP contribution in [-0.2, 0) is 36.8 Å². The fraction of sp³-hybridized carbons (Fsp3) is 0.205. The lowest BCUT2D eigenvalue weighted by Crippen LogP contribution is -2.56. The lowest BCUT2D eigenvalue weighted by atomic mass is 9.98. The second-order valence-corrected chi connectivity index (χ2v) is 13.0. The van der Waals surface area contributed by atoms with E-state index in [0.29, 0.717) is 22.5 Å². The van der Waals surface area contributed by atoms with Crippen LogP contribution in [0.4, 0.5) is 25.8 Å². The van der Waals surface area contributed by atoms with E-state index in [1.165, 1.54) is 24.3 Å². The largest absolute Gasteiger partial charge is 0.480 e. The summed E-state index contributed by atoms with van der Waals surface area (Å²) in [6.07, 6.45) is -1.34. The number of hydrogen-bond donors (Lipinski definition) is 8. The summed E-state index contributed by atoms with van der Waals surface area (Å²) in [5, 5.41) is 24.6. The third-order valence-electron chi connectivity index (χ3n) is 9.15. The molecule has 6 rings (SSSR count). The third-order valence-corrected chi connectivity index (χ3v) is 9.15. The van der Waals surface area contributed by atoms with Crippen molar-refractivity contribution in [3.63, 3.8) is 0 Å². The Morgan fingerprint density at radius 2 is 1.29 bits per heavy atom. The standard InChI is InChI=1S/C39H37N7O9/c40-37(52)42-24-15-11-22(12-16-24)18-32(36(50)51)43-35(49)30(17-21-9-13-23(14-10-21)41-34(48)31-19-33(47)46-38(53)44-31)45-39(54)55-20-29-27-7-3-1-5-25(27)26-6-2-4-8-28(26)29/h1-16,29-32H,17-20H2,(H,41,48)(H,43,49)(H,45,54)(H,50,51)(H3,40,42,52)(H2,44,46,47,53)/t30-,31+,32-/m1/s1. The van der Waals surface area contributed by atoms with E-state index in [1.807, 2.05) is 48.5 Å². The van der Waals surface area contributed by atoms with Crippen molar-refractivity contribution >= 4 is 53.2 Å². The number of rotatable bonds is 13. The number of benzene rings is 4. The molecular formula is C39H37N7O9. The SMILES string of the molecule is NC(=O)Nc1ccc(C[C@@H](NC(=O)[C@@H](Cc2ccc(NC(=O)[C@@H]3CC(=O)NC(=O)N3)cc2)NC(=O)OCC2c3ccccc3-c3ccccc32)C(=O)O)cc1. The highest BCUT2D eigenvalue weighted by Gasteiger charge is 2.32. The van der Waals surface area contributed by atoms with Gasteiger partial charge >= 0.3 is 24.1 Å². The van der Waals surface area contributed by atoms with Gasteiger partial charge in [0.25, 0.3) is 0 Å². The average molecular weight is 748 g/mol. The molecule has 16 nitrogen and oxygen atoms in total. The van der Waals surface area contributed by atoms with Crippen molar-refractivity contribution < 1.29 is 43.4 Å². The summed E-state index contributed by atoms with van der Waals surface area (Å²) in [7, 11) is 0. The molecule has 2 aliphatic rings. The van der Waals surface area contributed by atoms with E-state index in [-0.39, 0.29) is 31.8 Å². The number of urea groups is 2. The Morgan fingerprint density at radius 1 is 0.745 bits per heavy atom. The number of primary amides is 1. The summed E-state index contributed by atoms with van der Waals surface area (Å²) < 4.78 is 5.69. The number of carboxylic acid groups (broad SMARTS) is 1. The van der Waals surface area contributed by atoms with Gasteiger partial charge in [0.2, 0.25) is 17.7 Å². The molecule has 1 aliphatic heterocycles. The van der Waals surface area contributed by atoms with Gasteiger partial charge in [-0.3, -0.25) is 19.7 Å². The van der Waals surface area contributed by atoms with E-state index in [2.05, 4.69) is 31.9 Å². The zero-order valence-corrected chi connectivity index (χ0v) is 29.2. The number of carboxylic acids is 1. The molecule has 0 bridgehead atoms. The Morgan fingerprint density at radius 3 is 1.84 bits per heavy atom. The van der Waals surface area contributed by atoms with Crippen LogP contribution in [0.3, 0.4) is 0 Å². The Labute approximate surface area is 314 Å². The molecule has 0 unspecified atom stereocenters. The number of anilines is 2. The lowest BCUT2D eigenvalue weighted by molar-refractivity contribution is -0.142. The first-order valence-electron chi connectivity index (χ1n) is 17.2. The van der Waals surface area contributed by atoms with Gasteiger partial charge < -0.3 is 42.2 Å². The van der Waals surface area contributed by atoms with Crippen LogP contribution in [0.2, 0.25) is 0 Å². The van der Waals surface area contributed by atoms with Crippen LogP contribution in [0, 0.1) is 0 Å². The van der Waals surface area contributed by atoms with Crippen LogP contribution in [-0.4, -0.2) is 71.7 Å². The number of ether oxygens (including phenoxy) is 1. The number of fused-ring (bicyclic) bond motifs is 3. The van der Waals surface area contributed by atoms with Crippen molar-refractivity contribution in [2.75, 3.05) is 17.2 Å². The van der Waals surface area contributed by atoms with Gasteiger partial charge in [-0.1, -0.05) is 72.8 Å². The van der Waals surface area contributed by atoms with E-state index >= 15 is 0 Å². The molecule has 4 aromatic rings. The first-order valence-corrected chi connectivity index (χ1v) is 17.2. The zero-order chi connectivity index (χ0) is 39.1. The second kappa shape index (κ2) is 16.6. The number of hydrogen-bond acceptors (Lipinski definition) is 8. The van der Waals surface area contributed by atoms with Crippen LogP contribution in [0.5, 0.6) is 0 Å². The molecular weight excluding hydrogens is 710 g/mol. The average Bonchev–Trinajstić information content (AvgIpc) is 3.47. The van der Waals surface area contributed by atoms with Crippen LogP contribution in [0.25, 0.3) is 11.1 Å². The Balaban J connectivity index is 1.15. The molecule has 55 heavy (non-hydrogen) atoms. The highest BCUT2D eigenvalue weighted by Crippen LogP contribution is 2.44. The first-order chi connectivity index (χ1) is 26.4. The Hall–Kier alpha value is -7.23. The van der Waals surface area contributed by atoms with Crippen molar-refractivity contribution in [2.24, 2.45) is 5.73 Å². The number of nitrogens with one attached hydrogen (secondary N) is 6. The summed E-state index contributed by atoms with van der Waals surface area (Å²) in [6.45, 7) is -0.0238. The molecule has 9 N–H and O–H groups in total. The summed E-state index contributed by atoms with van der Waals surface area (Å²) in [6, 6.07) is 22.8. The number of aliphatic carboxylic acids is 1. The van der Waals surface area contributed by atoms with Gasteiger partial charge in [-0.15, -0.1) is 0 Å². The van der Waals surface area contributed by atoms with Crippen molar-refractivity contribution in [1.29, 1.82) is 0 Å². The highest BCUT2D eigenvalue weighted by molar-refractivity contribution is 6.05. The molecule has 0 aromatic heterocycles. The number of amides is 8. The van der Waals surface area contributed by atoms with Crippen molar-refractivity contribution in [1.82, 2.24) is 21.3 Å². The van der Waals surface area contributed by atoms with Crippen molar-refractivity contribution in [3.05, 3.63) is 119 Å². The van der Waals surface area contributed by atoms with Crippen LogP contribution in [0.1, 0.15) is 34.6 Å². The van der Waals surface area contributed by atoms with E-state index in [9.17, 15) is 38.7 Å². The van der Waals surface area contributed by atoms with Gasteiger partial charge in [0.15, 0.2) is 0 Å². The Kier molecular flexibility index (Phi) is 11.3. The molecule has 1 fully saturated rings. The number of imide groups is 1. The predicted octanol–water partition coefficient (Wildman–Crippen LogP) is 2.98. The number of alkyl carbamates (subject to hydrolysis) is 1. The van der Waals surface area contributed by atoms with Crippen LogP contribution >= 0.6 is 0 Å². The maximum atomic E-state index is 13.8. The lowest BCUT2D eigenvalue weighted by Gasteiger charge is -2.23. The quantitative estimate of drug-likeness (QED) is 0.100. The van der Waals surface area contributed by atoms with Gasteiger partial charge in [0.05, 0.1) is 6.42 Å². The third kappa shape index (κ3) is 9.42. The van der Waals surface area contributed by atoms with E-state index < -0.39 is 60.0 Å².